The first-order valence-electron chi connectivity index (χ1n) is 9.22. The molecular formula is C23H20N2O4. The highest BCUT2D eigenvalue weighted by Crippen LogP contribution is 2.24. The molecule has 1 heterocycles. The number of aromatic amines is 1. The Balaban J connectivity index is 1.36. The van der Waals surface area contributed by atoms with Crippen molar-refractivity contribution >= 4 is 17.0 Å². The number of esters is 1. The fourth-order valence-corrected chi connectivity index (χ4v) is 2.97. The average Bonchev–Trinajstić information content (AvgIpc) is 3.21. The normalized spacial score (nSPS) is 10.7. The number of rotatable bonds is 7. The molecule has 1 aromatic heterocycles. The third kappa shape index (κ3) is 4.38. The van der Waals surface area contributed by atoms with Crippen molar-refractivity contribution in [1.82, 2.24) is 9.97 Å². The van der Waals surface area contributed by atoms with Crippen LogP contribution in [0, 0.1) is 0 Å². The van der Waals surface area contributed by atoms with Crippen molar-refractivity contribution < 1.29 is 19.0 Å². The number of imidazole rings is 1. The molecule has 0 aliphatic heterocycles. The first-order chi connectivity index (χ1) is 14.2. The quantitative estimate of drug-likeness (QED) is 0.373. The number of benzene rings is 3. The molecule has 0 saturated carbocycles. The van der Waals surface area contributed by atoms with Crippen LogP contribution in [-0.4, -0.2) is 36.3 Å². The van der Waals surface area contributed by atoms with Crippen LogP contribution in [-0.2, 0) is 4.74 Å². The number of hydrogen-bond donors (Lipinski definition) is 1. The van der Waals surface area contributed by atoms with Crippen molar-refractivity contribution in [3.8, 4) is 22.9 Å². The first-order valence-corrected chi connectivity index (χ1v) is 9.22. The van der Waals surface area contributed by atoms with Gasteiger partial charge in [-0.3, -0.25) is 0 Å². The van der Waals surface area contributed by atoms with E-state index in [1.54, 1.807) is 24.3 Å². The van der Waals surface area contributed by atoms with E-state index in [0.29, 0.717) is 24.5 Å². The van der Waals surface area contributed by atoms with Crippen LogP contribution in [0.1, 0.15) is 10.4 Å². The summed E-state index contributed by atoms with van der Waals surface area (Å²) in [6, 6.07) is 22.5. The second-order valence-corrected chi connectivity index (χ2v) is 6.35. The second kappa shape index (κ2) is 8.48. The van der Waals surface area contributed by atoms with Gasteiger partial charge >= 0.3 is 5.97 Å². The van der Waals surface area contributed by atoms with E-state index >= 15 is 0 Å². The summed E-state index contributed by atoms with van der Waals surface area (Å²) in [5, 5.41) is 0. The Kier molecular flexibility index (Phi) is 5.42. The van der Waals surface area contributed by atoms with Gasteiger partial charge in [0.2, 0.25) is 0 Å². The van der Waals surface area contributed by atoms with Gasteiger partial charge in [-0.15, -0.1) is 0 Å². The Bertz CT molecular complexity index is 1100. The molecule has 0 saturated heterocycles. The van der Waals surface area contributed by atoms with Crippen molar-refractivity contribution in [2.75, 3.05) is 20.3 Å². The Morgan fingerprint density at radius 2 is 1.62 bits per heavy atom. The topological polar surface area (TPSA) is 73.4 Å². The summed E-state index contributed by atoms with van der Waals surface area (Å²) in [7, 11) is 1.35. The number of ether oxygens (including phenoxy) is 3. The molecule has 6 nitrogen and oxygen atoms in total. The van der Waals surface area contributed by atoms with E-state index < -0.39 is 5.97 Å². The summed E-state index contributed by atoms with van der Waals surface area (Å²) in [6.07, 6.45) is 0. The SMILES string of the molecule is COC(=O)c1cccc(OCCOc2cccc(-c3nc4ccccc4[nH]3)c2)c1. The van der Waals surface area contributed by atoms with Crippen LogP contribution in [0.3, 0.4) is 0 Å². The molecule has 0 bridgehead atoms. The number of H-pyrrole nitrogens is 1. The lowest BCUT2D eigenvalue weighted by Crippen LogP contribution is -2.09. The number of carbonyl (C=O) groups is 1. The molecule has 0 radical (unpaired) electrons. The number of fused-ring (bicyclic) bond motifs is 1. The molecule has 1 N–H and O–H groups in total. The first kappa shape index (κ1) is 18.6. The highest BCUT2D eigenvalue weighted by atomic mass is 16.5. The summed E-state index contributed by atoms with van der Waals surface area (Å²) in [6.45, 7) is 0.714. The van der Waals surface area contributed by atoms with E-state index in [9.17, 15) is 4.79 Å². The van der Waals surface area contributed by atoms with E-state index in [2.05, 4.69) is 9.97 Å². The summed E-state index contributed by atoms with van der Waals surface area (Å²) >= 11 is 0. The van der Waals surface area contributed by atoms with Crippen LogP contribution in [0.5, 0.6) is 11.5 Å². The lowest BCUT2D eigenvalue weighted by molar-refractivity contribution is 0.0600. The van der Waals surface area contributed by atoms with Gasteiger partial charge in [-0.05, 0) is 42.5 Å². The van der Waals surface area contributed by atoms with Crippen molar-refractivity contribution in [3.05, 3.63) is 78.4 Å². The number of methoxy groups -OCH3 is 1. The smallest absolute Gasteiger partial charge is 0.337 e. The number of carbonyl (C=O) groups excluding carboxylic acids is 1. The van der Waals surface area contributed by atoms with Crippen molar-refractivity contribution in [3.63, 3.8) is 0 Å². The van der Waals surface area contributed by atoms with Gasteiger partial charge in [0, 0.05) is 5.56 Å². The maximum absolute atomic E-state index is 11.6. The number of aromatic nitrogens is 2. The zero-order chi connectivity index (χ0) is 20.1. The van der Waals surface area contributed by atoms with Crippen molar-refractivity contribution in [1.29, 1.82) is 0 Å². The molecular weight excluding hydrogens is 368 g/mol. The van der Waals surface area contributed by atoms with E-state index in [1.165, 1.54) is 7.11 Å². The standard InChI is InChI=1S/C23H20N2O4/c1-27-23(26)17-7-5-9-19(15-17)29-13-12-28-18-8-4-6-16(14-18)22-24-20-10-2-3-11-21(20)25-22/h2-11,14-15H,12-13H2,1H3,(H,24,25). The highest BCUT2D eigenvalue weighted by Gasteiger charge is 2.07. The van der Waals surface area contributed by atoms with Crippen molar-refractivity contribution in [2.45, 2.75) is 0 Å². The van der Waals surface area contributed by atoms with Crippen LogP contribution in [0.25, 0.3) is 22.4 Å². The minimum atomic E-state index is -0.394. The lowest BCUT2D eigenvalue weighted by Gasteiger charge is -2.10. The molecule has 6 heteroatoms. The van der Waals surface area contributed by atoms with E-state index in [0.717, 1.165) is 28.2 Å². The molecule has 3 aromatic carbocycles. The minimum Gasteiger partial charge on any atom is -0.490 e. The predicted molar refractivity (Wildman–Crippen MR) is 110 cm³/mol. The monoisotopic (exact) mass is 388 g/mol. The summed E-state index contributed by atoms with van der Waals surface area (Å²) in [5.41, 5.74) is 3.32. The molecule has 29 heavy (non-hydrogen) atoms. The fourth-order valence-electron chi connectivity index (χ4n) is 2.97. The highest BCUT2D eigenvalue weighted by molar-refractivity contribution is 5.89. The van der Waals surface area contributed by atoms with E-state index in [1.807, 2.05) is 48.5 Å². The van der Waals surface area contributed by atoms with E-state index in [-0.39, 0.29) is 0 Å². The third-order valence-electron chi connectivity index (χ3n) is 4.37. The van der Waals surface area contributed by atoms with Gasteiger partial charge in [-0.1, -0.05) is 30.3 Å². The maximum Gasteiger partial charge on any atom is 0.337 e. The number of nitrogens with zero attached hydrogens (tertiary/aromatic N) is 1. The van der Waals surface area contributed by atoms with Crippen molar-refractivity contribution in [2.24, 2.45) is 0 Å². The molecule has 0 aliphatic carbocycles. The molecule has 0 fully saturated rings. The zero-order valence-electron chi connectivity index (χ0n) is 15.9. The maximum atomic E-state index is 11.6. The Morgan fingerprint density at radius 1 is 0.897 bits per heavy atom. The van der Waals surface area contributed by atoms with Gasteiger partial charge in [0.15, 0.2) is 0 Å². The zero-order valence-corrected chi connectivity index (χ0v) is 15.9. The Hall–Kier alpha value is -3.80. The minimum absolute atomic E-state index is 0.347. The molecule has 146 valence electrons. The molecule has 4 aromatic rings. The Labute approximate surface area is 168 Å². The van der Waals surface area contributed by atoms with Gasteiger partial charge in [-0.25, -0.2) is 9.78 Å². The summed E-state index contributed by atoms with van der Waals surface area (Å²) < 4.78 is 16.2. The van der Waals surface area contributed by atoms with Gasteiger partial charge in [0.1, 0.15) is 30.5 Å². The van der Waals surface area contributed by atoms with Gasteiger partial charge in [0.25, 0.3) is 0 Å². The summed E-state index contributed by atoms with van der Waals surface area (Å²) in [5.74, 6) is 1.73. The second-order valence-electron chi connectivity index (χ2n) is 6.35. The third-order valence-corrected chi connectivity index (χ3v) is 4.37. The largest absolute Gasteiger partial charge is 0.490 e. The molecule has 0 atom stereocenters. The number of hydrogen-bond acceptors (Lipinski definition) is 5. The molecule has 0 aliphatic rings. The summed E-state index contributed by atoms with van der Waals surface area (Å²) in [4.78, 5) is 19.5. The van der Waals surface area contributed by atoms with Gasteiger partial charge < -0.3 is 19.2 Å². The molecule has 0 amide bonds. The van der Waals surface area contributed by atoms with Crippen LogP contribution < -0.4 is 9.47 Å². The molecule has 0 spiro atoms. The molecule has 4 rings (SSSR count). The molecule has 0 unspecified atom stereocenters. The predicted octanol–water partition coefficient (Wildman–Crippen LogP) is 4.47. The Morgan fingerprint density at radius 3 is 2.38 bits per heavy atom. The van der Waals surface area contributed by atoms with Gasteiger partial charge in [0.05, 0.1) is 23.7 Å². The fraction of sp³-hybridized carbons (Fsp3) is 0.130. The number of nitrogens with one attached hydrogen (secondary N) is 1. The van der Waals surface area contributed by atoms with Crippen LogP contribution in [0.2, 0.25) is 0 Å². The van der Waals surface area contributed by atoms with Crippen LogP contribution in [0.15, 0.2) is 72.8 Å². The van der Waals surface area contributed by atoms with Gasteiger partial charge in [-0.2, -0.15) is 0 Å². The van der Waals surface area contributed by atoms with Crippen LogP contribution in [0.4, 0.5) is 0 Å². The number of para-hydroxylation sites is 2. The van der Waals surface area contributed by atoms with Crippen LogP contribution >= 0.6 is 0 Å². The lowest BCUT2D eigenvalue weighted by atomic mass is 10.2. The van der Waals surface area contributed by atoms with E-state index in [4.69, 9.17) is 14.2 Å². The average molecular weight is 388 g/mol.